The largest absolute Gasteiger partial charge is 0.377 e. The lowest BCUT2D eigenvalue weighted by atomic mass is 9.81. The summed E-state index contributed by atoms with van der Waals surface area (Å²) < 4.78 is 91.4. The van der Waals surface area contributed by atoms with E-state index >= 15 is 0 Å². The van der Waals surface area contributed by atoms with Gasteiger partial charge < -0.3 is 66.8 Å². The number of rotatable bonds is 41. The molecule has 11 N–H and O–H groups in total. The van der Waals surface area contributed by atoms with Gasteiger partial charge in [0.2, 0.25) is 47.0 Å². The minimum atomic E-state index is -4.49. The Morgan fingerprint density at radius 1 is 0.652 bits per heavy atom. The van der Waals surface area contributed by atoms with Crippen molar-refractivity contribution in [2.45, 2.75) is 112 Å². The molecule has 0 saturated heterocycles. The summed E-state index contributed by atoms with van der Waals surface area (Å²) in [6.07, 6.45) is 12.7. The molecule has 2 aromatic rings. The number of fused-ring (bicyclic) bond motifs is 2. The molecule has 2 aliphatic rings. The van der Waals surface area contributed by atoms with E-state index in [1.165, 1.54) is 31.3 Å². The van der Waals surface area contributed by atoms with Gasteiger partial charge in [0.1, 0.15) is 25.8 Å². The van der Waals surface area contributed by atoms with Crippen LogP contribution < -0.4 is 47.9 Å². The summed E-state index contributed by atoms with van der Waals surface area (Å²) in [4.78, 5) is 88.6. The molecule has 2 heterocycles. The molecule has 0 radical (unpaired) electrons. The topological polar surface area (TPSA) is 382 Å². The van der Waals surface area contributed by atoms with Crippen molar-refractivity contribution < 1.29 is 83.0 Å². The van der Waals surface area contributed by atoms with Crippen LogP contribution in [0.25, 0.3) is 0 Å². The number of carbonyl (C=O) groups is 7. The highest BCUT2D eigenvalue weighted by atomic mass is 32.2. The van der Waals surface area contributed by atoms with Crippen LogP contribution >= 0.6 is 12.6 Å². The van der Waals surface area contributed by atoms with E-state index in [1.807, 2.05) is 65.0 Å². The van der Waals surface area contributed by atoms with Crippen LogP contribution in [0.4, 0.5) is 11.4 Å². The van der Waals surface area contributed by atoms with Gasteiger partial charge in [-0.3, -0.25) is 42.7 Å². The van der Waals surface area contributed by atoms with E-state index in [4.69, 9.17) is 24.7 Å². The van der Waals surface area contributed by atoms with Gasteiger partial charge in [-0.1, -0.05) is 32.1 Å². The summed E-state index contributed by atoms with van der Waals surface area (Å²) in [5, 5.41) is 18.1. The van der Waals surface area contributed by atoms with Crippen molar-refractivity contribution in [3.8, 4) is 0 Å². The maximum absolute atomic E-state index is 13.3. The van der Waals surface area contributed by atoms with Gasteiger partial charge in [0.15, 0.2) is 5.71 Å². The maximum atomic E-state index is 13.3. The van der Waals surface area contributed by atoms with Crippen LogP contribution in [0.5, 0.6) is 0 Å². The van der Waals surface area contributed by atoms with Crippen molar-refractivity contribution in [2.75, 3.05) is 116 Å². The fraction of sp³-hybridized carbons (Fsp3) is 0.559. The second kappa shape index (κ2) is 36.9. The summed E-state index contributed by atoms with van der Waals surface area (Å²) in [5.41, 5.74) is 9.32. The number of nitrogens with two attached hydrogens (primary N) is 1. The standard InChI is InChI=1S/C59H88N10O17S3/c1-7-68-47-22-20-41(88(77,78)79)34-43(47)58(2,3)49(68)17-10-8-11-18-50-59(4,5)44-35-42(89(80,81)82)21-23-48(44)69(50)27-15-9-12-19-51(70)62-24-14-13-16-46(67-53(72)37-65-56(75)45(60)40-87)57(76)66-36-52(71)63-25-28-83-31-33-86-39-55(74)64-26-29-84-30-32-85-38-54(73)61-6/h8,10-11,17-18,20-23,34-35,45-46H,7,9,12-16,19,24-33,36-40,60H2,1-6H3,(H9-,61,62,63,64,65,66,67,70,71,72,73,74,75,76,77,78,79,80,81,82,87)/p+1/t45-,46-/m0/s1. The van der Waals surface area contributed by atoms with Crippen molar-refractivity contribution in [2.24, 2.45) is 5.73 Å². The number of thiol groups is 1. The number of anilines is 1. The Kier molecular flexibility index (Phi) is 31.0. The first-order valence-electron chi connectivity index (χ1n) is 29.4. The van der Waals surface area contributed by atoms with Crippen molar-refractivity contribution >= 4 is 91.3 Å². The fourth-order valence-electron chi connectivity index (χ4n) is 9.76. The Morgan fingerprint density at radius 3 is 1.87 bits per heavy atom. The second-order valence-corrected chi connectivity index (χ2v) is 25.0. The molecule has 0 bridgehead atoms. The van der Waals surface area contributed by atoms with Gasteiger partial charge in [0.25, 0.3) is 20.2 Å². The number of allylic oxidation sites excluding steroid dienone is 6. The van der Waals surface area contributed by atoms with Gasteiger partial charge in [0.05, 0.1) is 74.0 Å². The summed E-state index contributed by atoms with van der Waals surface area (Å²) in [6.45, 7) is 11.7. The van der Waals surface area contributed by atoms with Crippen LogP contribution in [0.15, 0.2) is 82.3 Å². The average molecular weight is 1310 g/mol. The zero-order valence-electron chi connectivity index (χ0n) is 51.5. The van der Waals surface area contributed by atoms with Gasteiger partial charge in [-0.15, -0.1) is 0 Å². The first-order chi connectivity index (χ1) is 42.2. The molecule has 0 fully saturated rings. The smallest absolute Gasteiger partial charge is 0.294 e. The first-order valence-corrected chi connectivity index (χ1v) is 32.9. The molecule has 89 heavy (non-hydrogen) atoms. The Bertz CT molecular complexity index is 3130. The molecule has 0 spiro atoms. The molecule has 0 saturated carbocycles. The summed E-state index contributed by atoms with van der Waals surface area (Å²) in [7, 11) is -7.39. The lowest BCUT2D eigenvalue weighted by molar-refractivity contribution is -0.438. The van der Waals surface area contributed by atoms with Crippen molar-refractivity contribution in [1.82, 2.24) is 37.2 Å². The predicted molar refractivity (Wildman–Crippen MR) is 336 cm³/mol. The number of carbonyl (C=O) groups excluding carboxylic acids is 7. The molecule has 7 amide bonds. The SMILES string of the molecule is CCN1/C(=C/C=C/C=C/C2=[N+](CCCCCC(=O)NCCCC[C@H](NC(=O)CNC(=O)[C@@H](N)CS)C(=O)NCC(=O)NCCOCCOCC(=O)NCCOCCOCC(=O)NC)c3ccc(S(=O)(=O)O)cc3C2(C)C)C(C)(C)c2cc(S(=O)(=O)O)ccc21. The number of nitrogens with zero attached hydrogens (tertiary/aromatic N) is 2. The van der Waals surface area contributed by atoms with Crippen molar-refractivity contribution in [3.63, 3.8) is 0 Å². The number of amides is 7. The summed E-state index contributed by atoms with van der Waals surface area (Å²) in [6, 6.07) is 7.08. The third-order valence-electron chi connectivity index (χ3n) is 14.6. The summed E-state index contributed by atoms with van der Waals surface area (Å²) in [5.74, 6) is -3.18. The van der Waals surface area contributed by atoms with Crippen LogP contribution in [0, 0.1) is 0 Å². The number of hydrogen-bond acceptors (Lipinski definition) is 18. The molecule has 4 rings (SSSR count). The number of hydrogen-bond donors (Lipinski definition) is 11. The van der Waals surface area contributed by atoms with Crippen LogP contribution in [0.3, 0.4) is 0 Å². The van der Waals surface area contributed by atoms with Crippen LogP contribution in [0.1, 0.15) is 90.7 Å². The molecule has 27 nitrogen and oxygen atoms in total. The van der Waals surface area contributed by atoms with Gasteiger partial charge in [-0.25, -0.2) is 0 Å². The van der Waals surface area contributed by atoms with E-state index in [-0.39, 0.29) is 119 Å². The van der Waals surface area contributed by atoms with Crippen LogP contribution in [-0.2, 0) is 83.6 Å². The van der Waals surface area contributed by atoms with E-state index in [9.17, 15) is 59.5 Å². The van der Waals surface area contributed by atoms with E-state index in [0.717, 1.165) is 28.3 Å². The Labute approximate surface area is 527 Å². The number of ether oxygens (including phenoxy) is 4. The minimum absolute atomic E-state index is 0.0442. The first kappa shape index (κ1) is 74.9. The van der Waals surface area contributed by atoms with Gasteiger partial charge in [0, 0.05) is 86.3 Å². The van der Waals surface area contributed by atoms with Crippen molar-refractivity contribution in [1.29, 1.82) is 0 Å². The van der Waals surface area contributed by atoms with E-state index < -0.39 is 79.9 Å². The van der Waals surface area contributed by atoms with Gasteiger partial charge in [-0.05, 0) is 94.8 Å². The molecular weight excluding hydrogens is 1220 g/mol. The third kappa shape index (κ3) is 24.3. The predicted octanol–water partition coefficient (Wildman–Crippen LogP) is 1.24. The molecule has 0 aromatic heterocycles. The minimum Gasteiger partial charge on any atom is -0.377 e. The second-order valence-electron chi connectivity index (χ2n) is 21.8. The average Bonchev–Trinajstić information content (AvgIpc) is 1.64. The number of benzene rings is 2. The lowest BCUT2D eigenvalue weighted by Crippen LogP contribution is -2.52. The highest BCUT2D eigenvalue weighted by Crippen LogP contribution is 2.48. The highest BCUT2D eigenvalue weighted by Gasteiger charge is 2.45. The molecule has 2 aromatic carbocycles. The Hall–Kier alpha value is -6.61. The van der Waals surface area contributed by atoms with Gasteiger partial charge in [-0.2, -0.15) is 34.0 Å². The molecule has 2 aliphatic heterocycles. The molecule has 494 valence electrons. The number of nitrogens with one attached hydrogen (secondary N) is 7. The molecule has 30 heteroatoms. The fourth-order valence-corrected chi connectivity index (χ4v) is 10.9. The lowest BCUT2D eigenvalue weighted by Gasteiger charge is -2.25. The number of likely N-dealkylation sites (N-methyl/N-ethyl adjacent to an activating group) is 2. The molecular formula is C59H89N10O17S3+. The summed E-state index contributed by atoms with van der Waals surface area (Å²) >= 11 is 3.99. The quantitative estimate of drug-likeness (QED) is 0.0147. The van der Waals surface area contributed by atoms with Crippen LogP contribution in [-0.4, -0.2) is 201 Å². The van der Waals surface area contributed by atoms with Crippen LogP contribution in [0.2, 0.25) is 0 Å². The molecule has 0 aliphatic carbocycles. The molecule has 0 unspecified atom stereocenters. The Morgan fingerprint density at radius 2 is 1.24 bits per heavy atom. The third-order valence-corrected chi connectivity index (χ3v) is 16.6. The maximum Gasteiger partial charge on any atom is 0.294 e. The van der Waals surface area contributed by atoms with Gasteiger partial charge >= 0.3 is 0 Å². The monoisotopic (exact) mass is 1310 g/mol. The zero-order valence-corrected chi connectivity index (χ0v) is 54.1. The Balaban J connectivity index is 1.22. The zero-order chi connectivity index (χ0) is 65.8. The number of unbranched alkanes of at least 4 members (excludes halogenated alkanes) is 3. The van der Waals surface area contributed by atoms with E-state index in [2.05, 4.69) is 59.3 Å². The van der Waals surface area contributed by atoms with Crippen molar-refractivity contribution in [3.05, 3.63) is 83.6 Å². The highest BCUT2D eigenvalue weighted by molar-refractivity contribution is 7.86. The van der Waals surface area contributed by atoms with E-state index in [1.54, 1.807) is 12.1 Å². The van der Waals surface area contributed by atoms with E-state index in [0.29, 0.717) is 50.8 Å². The molecule has 2 atom stereocenters. The normalized spacial score (nSPS) is 15.4.